The number of carboxylic acids is 1. The monoisotopic (exact) mass is 1460 g/mol. The molecule has 6 aromatic heterocycles. The summed E-state index contributed by atoms with van der Waals surface area (Å²) in [6, 6.07) is 68.2. The van der Waals surface area contributed by atoms with Gasteiger partial charge in [-0.1, -0.05) is 54.6 Å². The van der Waals surface area contributed by atoms with Gasteiger partial charge in [0.15, 0.2) is 0 Å². The van der Waals surface area contributed by atoms with Crippen molar-refractivity contribution in [3.8, 4) is 51.2 Å². The molecule has 2 aliphatic rings. The van der Waals surface area contributed by atoms with E-state index < -0.39 is 5.97 Å². The Bertz CT molecular complexity index is 4970. The zero-order valence-electron chi connectivity index (χ0n) is 60.1. The van der Waals surface area contributed by atoms with Crippen LogP contribution in [-0.2, 0) is 9.47 Å². The van der Waals surface area contributed by atoms with Gasteiger partial charge in [0.1, 0.15) is 0 Å². The quantitative estimate of drug-likeness (QED) is 0.0300. The first-order valence-corrected chi connectivity index (χ1v) is 33.8. The molecular formula is C79H79N20NaO8. The Labute approximate surface area is 645 Å². The third kappa shape index (κ3) is 22.2. The van der Waals surface area contributed by atoms with Crippen LogP contribution >= 0.6 is 0 Å². The molecule has 0 bridgehead atoms. The van der Waals surface area contributed by atoms with Crippen LogP contribution in [-0.4, -0.2) is 189 Å². The minimum atomic E-state index is -0.964. The van der Waals surface area contributed by atoms with Crippen molar-refractivity contribution in [1.29, 1.82) is 0 Å². The molecule has 0 aliphatic carbocycles. The molecule has 108 heavy (non-hydrogen) atoms. The molecular weight excluding hydrogens is 1380 g/mol. The van der Waals surface area contributed by atoms with Gasteiger partial charge in [-0.2, -0.15) is 15.3 Å². The smallest absolute Gasteiger partial charge is 0.870 e. The second-order valence-electron chi connectivity index (χ2n) is 23.9. The number of carbonyl (C=O) groups is 4. The van der Waals surface area contributed by atoms with E-state index >= 15 is 0 Å². The molecule has 2 aliphatic heterocycles. The number of aromatic carboxylic acids is 1. The average molecular weight is 1460 g/mol. The van der Waals surface area contributed by atoms with Gasteiger partial charge in [0.25, 0.3) is 5.91 Å². The third-order valence-corrected chi connectivity index (χ3v) is 16.5. The van der Waals surface area contributed by atoms with Crippen molar-refractivity contribution < 1.29 is 68.8 Å². The van der Waals surface area contributed by atoms with Gasteiger partial charge in [-0.05, 0) is 184 Å². The van der Waals surface area contributed by atoms with Gasteiger partial charge in [0.2, 0.25) is 17.8 Å². The van der Waals surface area contributed by atoms with Crippen LogP contribution in [0.15, 0.2) is 262 Å². The second-order valence-corrected chi connectivity index (χ2v) is 23.9. The number of ether oxygens (including phenoxy) is 2. The number of nitrogens with zero attached hydrogens (tertiary/aromatic N) is 15. The van der Waals surface area contributed by atoms with E-state index in [9.17, 15) is 19.2 Å². The Kier molecular flexibility index (Phi) is 29.4. The number of likely N-dealkylation sites (N-methyl/N-ethyl adjacent to an activating group) is 2. The van der Waals surface area contributed by atoms with Gasteiger partial charge in [0.05, 0.1) is 101 Å². The van der Waals surface area contributed by atoms with Crippen molar-refractivity contribution in [1.82, 2.24) is 79.3 Å². The van der Waals surface area contributed by atoms with Crippen LogP contribution in [0.4, 0.5) is 40.6 Å². The molecule has 28 nitrogen and oxygen atoms in total. The fraction of sp³-hybridized carbons (Fsp3) is 0.152. The number of nitrogens with one attached hydrogen (secondary N) is 4. The molecule has 0 radical (unpaired) electrons. The average Bonchev–Trinajstić information content (AvgIpc) is 1.62. The molecule has 13 aromatic rings. The van der Waals surface area contributed by atoms with Crippen molar-refractivity contribution in [3.05, 3.63) is 284 Å². The number of rotatable bonds is 16. The van der Waals surface area contributed by atoms with E-state index in [4.69, 9.17) is 15.6 Å². The summed E-state index contributed by atoms with van der Waals surface area (Å²) in [6.45, 7) is 8.07. The first kappa shape index (κ1) is 79.4. The predicted octanol–water partition coefficient (Wildman–Crippen LogP) is 8.50. The number of para-hydroxylation sites is 3. The Morgan fingerprint density at radius 1 is 0.407 bits per heavy atom. The summed E-state index contributed by atoms with van der Waals surface area (Å²) in [5, 5.41) is 34.9. The number of aromatic nitrogens is 12. The molecule has 1 amide bonds. The number of piperazine rings is 2. The van der Waals surface area contributed by atoms with E-state index in [1.165, 1.54) is 39.4 Å². The Hall–Kier alpha value is -12.7. The Balaban J connectivity index is 0.000000166. The fourth-order valence-corrected chi connectivity index (χ4v) is 10.8. The van der Waals surface area contributed by atoms with E-state index in [-0.39, 0.29) is 58.4 Å². The van der Waals surface area contributed by atoms with E-state index in [0.717, 1.165) is 102 Å². The van der Waals surface area contributed by atoms with Crippen LogP contribution < -0.4 is 56.6 Å². The number of hydrogen-bond acceptors (Lipinski definition) is 23. The maximum atomic E-state index is 12.8. The number of benzene rings is 7. The molecule has 0 unspecified atom stereocenters. The molecule has 2 saturated heterocycles. The van der Waals surface area contributed by atoms with Crippen LogP contribution in [0.5, 0.6) is 0 Å². The van der Waals surface area contributed by atoms with Gasteiger partial charge in [-0.3, -0.25) is 4.79 Å². The zero-order valence-corrected chi connectivity index (χ0v) is 62.1. The van der Waals surface area contributed by atoms with Gasteiger partial charge in [-0.25, -0.2) is 58.3 Å². The molecule has 7 aromatic carbocycles. The summed E-state index contributed by atoms with van der Waals surface area (Å²) in [5.41, 5.74) is 17.9. The second kappa shape index (κ2) is 40.0. The molecule has 8 heterocycles. The first-order chi connectivity index (χ1) is 51.7. The van der Waals surface area contributed by atoms with Crippen LogP contribution in [0.2, 0.25) is 0 Å². The molecule has 0 spiro atoms. The SMILES string of the molecule is CN1CCN(C(=O)c2ccc(Nc3nccc(-c4ccnn4-c4ccccc4)n3)cc2)CC1.CN1CCNCC1.COC(=O)c1ccc(N)cc1.COC(=O)c1ccc(Nc2nccc(-c3ccnn3-c3ccccc3)n2)cc1.O=C(O)c1ccc(Nc2nccc(-c3ccnn3-c3ccccc3)n2)cc1.[Na+].[OH-]. The van der Waals surface area contributed by atoms with Crippen LogP contribution in [0.25, 0.3) is 51.2 Å². The largest absolute Gasteiger partial charge is 1.00 e. The maximum Gasteiger partial charge on any atom is 1.00 e. The molecule has 15 rings (SSSR count). The van der Waals surface area contributed by atoms with Gasteiger partial charge >= 0.3 is 47.5 Å². The molecule has 8 N–H and O–H groups in total. The minimum Gasteiger partial charge on any atom is -0.870 e. The summed E-state index contributed by atoms with van der Waals surface area (Å²) in [4.78, 5) is 79.3. The van der Waals surface area contributed by atoms with Crippen molar-refractivity contribution in [3.63, 3.8) is 0 Å². The molecule has 0 atom stereocenters. The summed E-state index contributed by atoms with van der Waals surface area (Å²) in [5.74, 6) is -0.271. The summed E-state index contributed by atoms with van der Waals surface area (Å²) >= 11 is 0. The number of amides is 1. The van der Waals surface area contributed by atoms with Gasteiger partial charge in [-0.15, -0.1) is 0 Å². The number of methoxy groups -OCH3 is 2. The molecule has 29 heteroatoms. The molecule has 544 valence electrons. The predicted molar refractivity (Wildman–Crippen MR) is 409 cm³/mol. The van der Waals surface area contributed by atoms with E-state index in [0.29, 0.717) is 45.9 Å². The normalized spacial score (nSPS) is 12.3. The fourth-order valence-electron chi connectivity index (χ4n) is 10.8. The Morgan fingerprint density at radius 2 is 0.731 bits per heavy atom. The number of hydrogen-bond donors (Lipinski definition) is 6. The van der Waals surface area contributed by atoms with Gasteiger partial charge < -0.3 is 61.8 Å². The van der Waals surface area contributed by atoms with E-state index in [2.05, 4.69) is 95.1 Å². The Morgan fingerprint density at radius 3 is 1.06 bits per heavy atom. The van der Waals surface area contributed by atoms with E-state index in [1.807, 2.05) is 171 Å². The number of carboxylic acid groups (broad SMARTS) is 1. The number of carbonyl (C=O) groups excluding carboxylic acids is 3. The number of anilines is 7. The first-order valence-electron chi connectivity index (χ1n) is 33.8. The van der Waals surface area contributed by atoms with Crippen molar-refractivity contribution in [2.75, 3.05) is 102 Å². The van der Waals surface area contributed by atoms with Crippen LogP contribution in [0.3, 0.4) is 0 Å². The summed E-state index contributed by atoms with van der Waals surface area (Å²) in [6.07, 6.45) is 10.3. The number of nitrogens with two attached hydrogens (primary N) is 1. The van der Waals surface area contributed by atoms with Crippen molar-refractivity contribution in [2.24, 2.45) is 0 Å². The van der Waals surface area contributed by atoms with Crippen LogP contribution in [0.1, 0.15) is 41.4 Å². The van der Waals surface area contributed by atoms with E-state index in [1.54, 1.807) is 97.8 Å². The van der Waals surface area contributed by atoms with Gasteiger partial charge in [0, 0.05) is 99.3 Å². The van der Waals surface area contributed by atoms with Crippen molar-refractivity contribution >= 4 is 64.4 Å². The number of esters is 2. The third-order valence-electron chi connectivity index (χ3n) is 16.5. The topological polar surface area (TPSA) is 352 Å². The zero-order chi connectivity index (χ0) is 74.0. The summed E-state index contributed by atoms with van der Waals surface area (Å²) in [7, 11) is 6.93. The number of nitrogen functional groups attached to an aromatic ring is 1. The molecule has 0 saturated carbocycles. The maximum absolute atomic E-state index is 12.8. The minimum absolute atomic E-state index is 0. The summed E-state index contributed by atoms with van der Waals surface area (Å²) < 4.78 is 14.7. The van der Waals surface area contributed by atoms with Crippen molar-refractivity contribution in [2.45, 2.75) is 0 Å². The standard InChI is InChI=1S/C25H25N7O.C21H17N5O2.C20H15N5O2.C8H9NO2.C5H12N2.Na.H2O/c1-30-15-17-31(18-16-30)24(33)19-7-9-20(10-8-19)28-25-26-13-11-22(29-25)23-12-14-27-32(23)21-5-3-2-4-6-21;1-28-20(27)15-7-9-16(10-8-15)24-21-22-13-11-18(25-21)19-12-14-23-26(19)17-5-3-2-4-6-17;26-19(27)14-6-8-15(9-7-14)23-20-21-12-10-17(24-20)18-11-13-22-25(18)16-4-2-1-3-5-16;1-11-8(10)6-2-4-7(9)5-3-6;1-7-4-2-6-3-5-7;;/h2-14H,15-18H2,1H3,(H,26,28,29);2-14H,1H3,(H,22,24,25);1-13H,(H,26,27)(H,21,23,24);2-5H,9H2,1H3;6H,2-5H2,1H3;;1H2/q;;;;;+1;/p-1. The molecule has 2 fully saturated rings. The van der Waals surface area contributed by atoms with Crippen LogP contribution in [0, 0.1) is 0 Å².